The first-order valence-corrected chi connectivity index (χ1v) is 7.68. The Morgan fingerprint density at radius 2 is 1.78 bits per heavy atom. The average Bonchev–Trinajstić information content (AvgIpc) is 2.43. The van der Waals surface area contributed by atoms with E-state index in [1.165, 1.54) is 0 Å². The third kappa shape index (κ3) is 8.70. The van der Waals surface area contributed by atoms with Crippen LogP contribution in [0.15, 0.2) is 24.3 Å². The molecule has 0 heterocycles. The van der Waals surface area contributed by atoms with Gasteiger partial charge in [0.15, 0.2) is 0 Å². The number of hydrogen-bond donors (Lipinski definition) is 1. The molecule has 0 saturated carbocycles. The van der Waals surface area contributed by atoms with E-state index in [4.69, 9.17) is 14.2 Å². The molecule has 0 aliphatic rings. The summed E-state index contributed by atoms with van der Waals surface area (Å²) < 4.78 is 15.5. The van der Waals surface area contributed by atoms with E-state index in [9.17, 15) is 9.59 Å². The molecule has 0 aliphatic carbocycles. The summed E-state index contributed by atoms with van der Waals surface area (Å²) in [5.74, 6) is 0.455. The Labute approximate surface area is 137 Å². The second-order valence-electron chi connectivity index (χ2n) is 5.91. The number of esters is 1. The minimum Gasteiger partial charge on any atom is -0.494 e. The van der Waals surface area contributed by atoms with Crippen LogP contribution in [0.1, 0.15) is 40.5 Å². The molecule has 0 bridgehead atoms. The van der Waals surface area contributed by atoms with Crippen LogP contribution in [-0.2, 0) is 14.3 Å². The molecule has 0 radical (unpaired) electrons. The molecule has 0 unspecified atom stereocenters. The van der Waals surface area contributed by atoms with Crippen molar-refractivity contribution in [3.05, 3.63) is 24.3 Å². The first-order valence-electron chi connectivity index (χ1n) is 7.68. The Kier molecular flexibility index (Phi) is 7.38. The molecular formula is C17H25NO5. The van der Waals surface area contributed by atoms with Gasteiger partial charge >= 0.3 is 12.1 Å². The normalized spacial score (nSPS) is 10.8. The lowest BCUT2D eigenvalue weighted by Gasteiger charge is -2.19. The lowest BCUT2D eigenvalue weighted by atomic mass is 10.2. The predicted molar refractivity (Wildman–Crippen MR) is 87.7 cm³/mol. The van der Waals surface area contributed by atoms with E-state index in [2.05, 4.69) is 5.32 Å². The lowest BCUT2D eigenvalue weighted by Crippen LogP contribution is -2.27. The SMILES string of the molecule is CCOC(=O)CCCOc1ccc(NC(=O)OC(C)(C)C)cc1. The summed E-state index contributed by atoms with van der Waals surface area (Å²) in [6.07, 6.45) is 0.434. The van der Waals surface area contributed by atoms with Crippen molar-refractivity contribution in [2.24, 2.45) is 0 Å². The number of carbonyl (C=O) groups is 2. The molecule has 1 amide bonds. The van der Waals surface area contributed by atoms with Crippen LogP contribution in [0.25, 0.3) is 0 Å². The molecule has 0 aromatic heterocycles. The van der Waals surface area contributed by atoms with Crippen LogP contribution < -0.4 is 10.1 Å². The summed E-state index contributed by atoms with van der Waals surface area (Å²) in [6, 6.07) is 6.95. The summed E-state index contributed by atoms with van der Waals surface area (Å²) in [5, 5.41) is 2.64. The van der Waals surface area contributed by atoms with Gasteiger partial charge in [0.25, 0.3) is 0 Å². The minimum atomic E-state index is -0.536. The third-order valence-electron chi connectivity index (χ3n) is 2.60. The summed E-state index contributed by atoms with van der Waals surface area (Å²) >= 11 is 0. The zero-order valence-electron chi connectivity index (χ0n) is 14.2. The molecule has 1 rings (SSSR count). The molecule has 0 spiro atoms. The maximum atomic E-state index is 11.6. The molecule has 1 aromatic rings. The molecule has 1 aromatic carbocycles. The highest BCUT2D eigenvalue weighted by Gasteiger charge is 2.16. The standard InChI is InChI=1S/C17H25NO5/c1-5-21-15(19)7-6-12-22-14-10-8-13(9-11-14)18-16(20)23-17(2,3)4/h8-11H,5-7,12H2,1-4H3,(H,18,20). The van der Waals surface area contributed by atoms with E-state index >= 15 is 0 Å². The fourth-order valence-electron chi connectivity index (χ4n) is 1.70. The van der Waals surface area contributed by atoms with Crippen LogP contribution in [0.4, 0.5) is 10.5 Å². The first kappa shape index (κ1) is 18.8. The quantitative estimate of drug-likeness (QED) is 0.611. The Hall–Kier alpha value is -2.24. The van der Waals surface area contributed by atoms with E-state index in [0.717, 1.165) is 0 Å². The highest BCUT2D eigenvalue weighted by molar-refractivity contribution is 5.84. The number of rotatable bonds is 7. The first-order chi connectivity index (χ1) is 10.8. The van der Waals surface area contributed by atoms with Crippen molar-refractivity contribution < 1.29 is 23.8 Å². The zero-order valence-corrected chi connectivity index (χ0v) is 14.2. The fourth-order valence-corrected chi connectivity index (χ4v) is 1.70. The van der Waals surface area contributed by atoms with Crippen molar-refractivity contribution in [1.82, 2.24) is 0 Å². The van der Waals surface area contributed by atoms with E-state index in [1.807, 2.05) is 0 Å². The topological polar surface area (TPSA) is 73.9 Å². The minimum absolute atomic E-state index is 0.215. The number of hydrogen-bond acceptors (Lipinski definition) is 5. The van der Waals surface area contributed by atoms with Crippen molar-refractivity contribution in [3.63, 3.8) is 0 Å². The van der Waals surface area contributed by atoms with Gasteiger partial charge in [0.1, 0.15) is 11.4 Å². The van der Waals surface area contributed by atoms with Crippen molar-refractivity contribution in [2.75, 3.05) is 18.5 Å². The molecular weight excluding hydrogens is 298 g/mol. The smallest absolute Gasteiger partial charge is 0.412 e. The van der Waals surface area contributed by atoms with E-state index in [-0.39, 0.29) is 5.97 Å². The Bertz CT molecular complexity index is 505. The van der Waals surface area contributed by atoms with Gasteiger partial charge < -0.3 is 14.2 Å². The highest BCUT2D eigenvalue weighted by Crippen LogP contribution is 2.17. The second kappa shape index (κ2) is 9.02. The van der Waals surface area contributed by atoms with Gasteiger partial charge in [-0.05, 0) is 58.4 Å². The summed E-state index contributed by atoms with van der Waals surface area (Å²) in [5.41, 5.74) is 0.0876. The molecule has 0 saturated heterocycles. The average molecular weight is 323 g/mol. The number of anilines is 1. The Morgan fingerprint density at radius 3 is 2.35 bits per heavy atom. The van der Waals surface area contributed by atoms with Crippen LogP contribution in [0.3, 0.4) is 0 Å². The van der Waals surface area contributed by atoms with E-state index in [0.29, 0.717) is 37.5 Å². The van der Waals surface area contributed by atoms with Crippen molar-refractivity contribution in [2.45, 2.75) is 46.1 Å². The lowest BCUT2D eigenvalue weighted by molar-refractivity contribution is -0.143. The van der Waals surface area contributed by atoms with Gasteiger partial charge in [-0.15, -0.1) is 0 Å². The van der Waals surface area contributed by atoms with Crippen LogP contribution in [-0.4, -0.2) is 30.9 Å². The fraction of sp³-hybridized carbons (Fsp3) is 0.529. The third-order valence-corrected chi connectivity index (χ3v) is 2.60. The number of amides is 1. The Balaban J connectivity index is 2.33. The van der Waals surface area contributed by atoms with Gasteiger partial charge in [-0.3, -0.25) is 10.1 Å². The van der Waals surface area contributed by atoms with Crippen molar-refractivity contribution >= 4 is 17.7 Å². The Morgan fingerprint density at radius 1 is 1.13 bits per heavy atom. The molecule has 6 nitrogen and oxygen atoms in total. The van der Waals surface area contributed by atoms with Gasteiger partial charge in [0.05, 0.1) is 13.2 Å². The van der Waals surface area contributed by atoms with Gasteiger partial charge in [0, 0.05) is 12.1 Å². The van der Waals surface area contributed by atoms with E-state index in [1.54, 1.807) is 52.0 Å². The van der Waals surface area contributed by atoms with Crippen molar-refractivity contribution in [3.8, 4) is 5.75 Å². The maximum absolute atomic E-state index is 11.6. The number of nitrogens with one attached hydrogen (secondary N) is 1. The summed E-state index contributed by atoms with van der Waals surface area (Å²) in [7, 11) is 0. The van der Waals surface area contributed by atoms with Crippen LogP contribution in [0.2, 0.25) is 0 Å². The molecule has 0 aliphatic heterocycles. The molecule has 0 fully saturated rings. The van der Waals surface area contributed by atoms with Crippen molar-refractivity contribution in [1.29, 1.82) is 0 Å². The van der Waals surface area contributed by atoms with E-state index < -0.39 is 11.7 Å². The second-order valence-corrected chi connectivity index (χ2v) is 5.91. The van der Waals surface area contributed by atoms with Gasteiger partial charge in [-0.1, -0.05) is 0 Å². The van der Waals surface area contributed by atoms with Crippen LogP contribution in [0, 0.1) is 0 Å². The highest BCUT2D eigenvalue weighted by atomic mass is 16.6. The van der Waals surface area contributed by atoms with Crippen LogP contribution >= 0.6 is 0 Å². The van der Waals surface area contributed by atoms with Crippen LogP contribution in [0.5, 0.6) is 5.75 Å². The van der Waals surface area contributed by atoms with Gasteiger partial charge in [-0.25, -0.2) is 4.79 Å². The monoisotopic (exact) mass is 323 g/mol. The molecule has 6 heteroatoms. The number of carbonyl (C=O) groups excluding carboxylic acids is 2. The number of benzene rings is 1. The van der Waals surface area contributed by atoms with Gasteiger partial charge in [-0.2, -0.15) is 0 Å². The molecule has 128 valence electrons. The molecule has 0 atom stereocenters. The number of ether oxygens (including phenoxy) is 3. The summed E-state index contributed by atoms with van der Waals surface area (Å²) in [4.78, 5) is 22.8. The zero-order chi connectivity index (χ0) is 17.3. The molecule has 1 N–H and O–H groups in total. The summed E-state index contributed by atoms with van der Waals surface area (Å²) in [6.45, 7) is 8.02. The molecule has 23 heavy (non-hydrogen) atoms. The van der Waals surface area contributed by atoms with Gasteiger partial charge in [0.2, 0.25) is 0 Å². The largest absolute Gasteiger partial charge is 0.494 e. The predicted octanol–water partition coefficient (Wildman–Crippen LogP) is 3.76. The maximum Gasteiger partial charge on any atom is 0.412 e.